The van der Waals surface area contributed by atoms with Gasteiger partial charge in [-0.1, -0.05) is 6.07 Å². The van der Waals surface area contributed by atoms with Crippen LogP contribution in [0.1, 0.15) is 36.0 Å². The van der Waals surface area contributed by atoms with Crippen molar-refractivity contribution >= 4 is 17.4 Å². The average Bonchev–Trinajstić information content (AvgIpc) is 2.41. The van der Waals surface area contributed by atoms with Crippen molar-refractivity contribution < 1.29 is 9.59 Å². The predicted molar refractivity (Wildman–Crippen MR) is 75.5 cm³/mol. The van der Waals surface area contributed by atoms with E-state index in [-0.39, 0.29) is 11.9 Å². The zero-order valence-corrected chi connectivity index (χ0v) is 11.5. The van der Waals surface area contributed by atoms with Gasteiger partial charge >= 0.3 is 0 Å². The summed E-state index contributed by atoms with van der Waals surface area (Å²) in [6.45, 7) is 0. The molecule has 0 spiro atoms. The Morgan fingerprint density at radius 3 is 2.58 bits per heavy atom. The van der Waals surface area contributed by atoms with Crippen LogP contribution in [0.25, 0.3) is 0 Å². The highest BCUT2D eigenvalue weighted by Gasteiger charge is 2.20. The molecule has 1 aromatic rings. The number of nitrogens with zero attached hydrogens (tertiary/aromatic N) is 1. The van der Waals surface area contributed by atoms with Gasteiger partial charge < -0.3 is 10.2 Å². The third-order valence-electron chi connectivity index (χ3n) is 3.50. The molecule has 4 heteroatoms. The van der Waals surface area contributed by atoms with E-state index in [1.165, 1.54) is 0 Å². The smallest absolute Gasteiger partial charge is 0.251 e. The molecule has 0 atom stereocenters. The van der Waals surface area contributed by atoms with Crippen LogP contribution in [0.3, 0.4) is 0 Å². The fraction of sp³-hybridized carbons (Fsp3) is 0.467. The van der Waals surface area contributed by atoms with Gasteiger partial charge in [-0.15, -0.1) is 0 Å². The Hall–Kier alpha value is -1.84. The second-order valence-electron chi connectivity index (χ2n) is 5.23. The Balaban J connectivity index is 1.99. The van der Waals surface area contributed by atoms with E-state index >= 15 is 0 Å². The molecule has 1 N–H and O–H groups in total. The van der Waals surface area contributed by atoms with Crippen molar-refractivity contribution in [1.29, 1.82) is 0 Å². The molecule has 1 amide bonds. The number of carbonyl (C=O) groups excluding carboxylic acids is 2. The summed E-state index contributed by atoms with van der Waals surface area (Å²) >= 11 is 0. The van der Waals surface area contributed by atoms with Gasteiger partial charge in [0.25, 0.3) is 5.91 Å². The molecule has 1 saturated carbocycles. The minimum Gasteiger partial charge on any atom is -0.378 e. The van der Waals surface area contributed by atoms with E-state index in [4.69, 9.17) is 0 Å². The van der Waals surface area contributed by atoms with Gasteiger partial charge in [0.05, 0.1) is 0 Å². The van der Waals surface area contributed by atoms with E-state index in [0.717, 1.165) is 18.5 Å². The maximum absolute atomic E-state index is 12.2. The second kappa shape index (κ2) is 5.87. The zero-order valence-electron chi connectivity index (χ0n) is 11.5. The summed E-state index contributed by atoms with van der Waals surface area (Å²) in [5.41, 5.74) is 1.68. The molecule has 19 heavy (non-hydrogen) atoms. The number of ketones is 1. The minimum atomic E-state index is -0.0527. The van der Waals surface area contributed by atoms with Crippen LogP contribution < -0.4 is 10.2 Å². The first-order valence-corrected chi connectivity index (χ1v) is 6.66. The van der Waals surface area contributed by atoms with E-state index < -0.39 is 0 Å². The molecule has 0 unspecified atom stereocenters. The summed E-state index contributed by atoms with van der Waals surface area (Å²) in [6.07, 6.45) is 2.70. The van der Waals surface area contributed by atoms with Crippen molar-refractivity contribution in [3.63, 3.8) is 0 Å². The molecular formula is C15H20N2O2. The normalized spacial score (nSPS) is 16.2. The molecule has 102 valence electrons. The van der Waals surface area contributed by atoms with Crippen molar-refractivity contribution in [1.82, 2.24) is 5.32 Å². The Morgan fingerprint density at radius 2 is 1.95 bits per heavy atom. The lowest BCUT2D eigenvalue weighted by Crippen LogP contribution is -2.37. The number of hydrogen-bond acceptors (Lipinski definition) is 3. The number of hydrogen-bond donors (Lipinski definition) is 1. The lowest BCUT2D eigenvalue weighted by atomic mass is 9.94. The topological polar surface area (TPSA) is 49.4 Å². The number of anilines is 1. The molecule has 0 aromatic heterocycles. The summed E-state index contributed by atoms with van der Waals surface area (Å²) < 4.78 is 0. The molecular weight excluding hydrogens is 240 g/mol. The predicted octanol–water partition coefficient (Wildman–Crippen LogP) is 1.99. The standard InChI is InChI=1S/C15H20N2O2/c1-17(2)13-5-3-4-11(10-13)15(19)16-12-6-8-14(18)9-7-12/h3-5,10,12H,6-9H2,1-2H3,(H,16,19). The lowest BCUT2D eigenvalue weighted by Gasteiger charge is -2.22. The molecule has 1 aromatic carbocycles. The van der Waals surface area contributed by atoms with Crippen LogP contribution in [0.4, 0.5) is 5.69 Å². The van der Waals surface area contributed by atoms with Gasteiger partial charge in [-0.2, -0.15) is 0 Å². The Bertz CT molecular complexity index is 473. The van der Waals surface area contributed by atoms with E-state index in [9.17, 15) is 9.59 Å². The van der Waals surface area contributed by atoms with Crippen LogP contribution in [0.15, 0.2) is 24.3 Å². The summed E-state index contributed by atoms with van der Waals surface area (Å²) in [5, 5.41) is 3.01. The largest absolute Gasteiger partial charge is 0.378 e. The van der Waals surface area contributed by atoms with Crippen molar-refractivity contribution in [2.45, 2.75) is 31.7 Å². The van der Waals surface area contributed by atoms with E-state index in [1.807, 2.05) is 43.3 Å². The van der Waals surface area contributed by atoms with Crippen molar-refractivity contribution in [2.24, 2.45) is 0 Å². The summed E-state index contributed by atoms with van der Waals surface area (Å²) in [5.74, 6) is 0.253. The lowest BCUT2D eigenvalue weighted by molar-refractivity contribution is -0.120. The molecule has 1 aliphatic carbocycles. The maximum atomic E-state index is 12.2. The highest BCUT2D eigenvalue weighted by molar-refractivity contribution is 5.95. The average molecular weight is 260 g/mol. The fourth-order valence-corrected chi connectivity index (χ4v) is 2.28. The molecule has 0 aliphatic heterocycles. The molecule has 0 bridgehead atoms. The summed E-state index contributed by atoms with van der Waals surface area (Å²) in [6, 6.07) is 7.68. The monoisotopic (exact) mass is 260 g/mol. The molecule has 1 aliphatic rings. The van der Waals surface area contributed by atoms with Gasteiger partial charge in [0, 0.05) is 44.2 Å². The summed E-state index contributed by atoms with van der Waals surface area (Å²) in [7, 11) is 3.90. The van der Waals surface area contributed by atoms with Gasteiger partial charge in [0.15, 0.2) is 0 Å². The van der Waals surface area contributed by atoms with Gasteiger partial charge in [0.2, 0.25) is 0 Å². The number of nitrogens with one attached hydrogen (secondary N) is 1. The zero-order chi connectivity index (χ0) is 13.8. The van der Waals surface area contributed by atoms with Crippen LogP contribution in [0.2, 0.25) is 0 Å². The number of carbonyl (C=O) groups is 2. The second-order valence-corrected chi connectivity index (χ2v) is 5.23. The third kappa shape index (κ3) is 3.56. The van der Waals surface area contributed by atoms with Crippen molar-refractivity contribution in [3.8, 4) is 0 Å². The first kappa shape index (κ1) is 13.6. The Kier molecular flexibility index (Phi) is 4.20. The first-order valence-electron chi connectivity index (χ1n) is 6.66. The molecule has 0 heterocycles. The van der Waals surface area contributed by atoms with Crippen LogP contribution in [-0.4, -0.2) is 31.8 Å². The van der Waals surface area contributed by atoms with Crippen LogP contribution in [-0.2, 0) is 4.79 Å². The quantitative estimate of drug-likeness (QED) is 0.904. The van der Waals surface area contributed by atoms with Crippen LogP contribution in [0, 0.1) is 0 Å². The molecule has 4 nitrogen and oxygen atoms in total. The third-order valence-corrected chi connectivity index (χ3v) is 3.50. The number of Topliss-reactive ketones (excluding diaryl/α,β-unsaturated/α-hetero) is 1. The number of amides is 1. The Morgan fingerprint density at radius 1 is 1.26 bits per heavy atom. The molecule has 0 saturated heterocycles. The minimum absolute atomic E-state index is 0.0527. The van der Waals surface area contributed by atoms with Gasteiger partial charge in [-0.25, -0.2) is 0 Å². The van der Waals surface area contributed by atoms with Crippen LogP contribution >= 0.6 is 0 Å². The van der Waals surface area contributed by atoms with Crippen molar-refractivity contribution in [2.75, 3.05) is 19.0 Å². The van der Waals surface area contributed by atoms with Gasteiger partial charge in [-0.05, 0) is 31.0 Å². The highest BCUT2D eigenvalue weighted by atomic mass is 16.1. The van der Waals surface area contributed by atoms with E-state index in [0.29, 0.717) is 24.2 Å². The van der Waals surface area contributed by atoms with E-state index in [2.05, 4.69) is 5.32 Å². The highest BCUT2D eigenvalue weighted by Crippen LogP contribution is 2.17. The maximum Gasteiger partial charge on any atom is 0.251 e. The number of rotatable bonds is 3. The summed E-state index contributed by atoms with van der Waals surface area (Å²) in [4.78, 5) is 25.3. The molecule has 0 radical (unpaired) electrons. The van der Waals surface area contributed by atoms with E-state index in [1.54, 1.807) is 0 Å². The SMILES string of the molecule is CN(C)c1cccc(C(=O)NC2CCC(=O)CC2)c1. The van der Waals surface area contributed by atoms with Gasteiger partial charge in [-0.3, -0.25) is 9.59 Å². The van der Waals surface area contributed by atoms with Crippen molar-refractivity contribution in [3.05, 3.63) is 29.8 Å². The van der Waals surface area contributed by atoms with Gasteiger partial charge in [0.1, 0.15) is 5.78 Å². The number of benzene rings is 1. The Labute approximate surface area is 113 Å². The first-order chi connectivity index (χ1) is 9.06. The molecule has 1 fully saturated rings. The molecule has 2 rings (SSSR count). The fourth-order valence-electron chi connectivity index (χ4n) is 2.28. The van der Waals surface area contributed by atoms with Crippen LogP contribution in [0.5, 0.6) is 0 Å².